The molecule has 2 aromatic rings. The number of nitrogens with one attached hydrogen (secondary N) is 2. The fourth-order valence-electron chi connectivity index (χ4n) is 4.29. The minimum atomic E-state index is 0.0600. The fraction of sp³-hybridized carbons (Fsp3) is 0.500. The maximum Gasteiger partial charge on any atom is 0.255 e. The van der Waals surface area contributed by atoms with Crippen molar-refractivity contribution >= 4 is 5.95 Å². The number of fused-ring (bicyclic) bond motifs is 2. The van der Waals surface area contributed by atoms with Crippen LogP contribution in [0.5, 0.6) is 11.5 Å². The van der Waals surface area contributed by atoms with Gasteiger partial charge in [-0.3, -0.25) is 9.78 Å². The molecule has 1 saturated heterocycles. The van der Waals surface area contributed by atoms with E-state index in [4.69, 9.17) is 14.5 Å². The van der Waals surface area contributed by atoms with E-state index in [0.29, 0.717) is 6.79 Å². The van der Waals surface area contributed by atoms with Crippen LogP contribution in [0.2, 0.25) is 0 Å². The molecule has 0 saturated carbocycles. The number of nitrogens with zero attached hydrogens (tertiary/aromatic N) is 2. The van der Waals surface area contributed by atoms with Crippen LogP contribution in [0.25, 0.3) is 0 Å². The van der Waals surface area contributed by atoms with Crippen molar-refractivity contribution in [2.45, 2.75) is 32.2 Å². The maximum atomic E-state index is 12.4. The van der Waals surface area contributed by atoms with E-state index in [1.807, 2.05) is 6.07 Å². The van der Waals surface area contributed by atoms with Crippen LogP contribution in [-0.4, -0.2) is 42.9 Å². The molecular formula is C20H25N4O3+. The highest BCUT2D eigenvalue weighted by Crippen LogP contribution is 2.32. The summed E-state index contributed by atoms with van der Waals surface area (Å²) in [4.78, 5) is 23.9. The fourth-order valence-corrected chi connectivity index (χ4v) is 4.29. The number of hydrogen-bond acceptors (Lipinski definition) is 5. The van der Waals surface area contributed by atoms with E-state index in [1.54, 1.807) is 0 Å². The van der Waals surface area contributed by atoms with Gasteiger partial charge in [-0.05, 0) is 43.9 Å². The third kappa shape index (κ3) is 3.27. The summed E-state index contributed by atoms with van der Waals surface area (Å²) in [5.41, 5.74) is 3.24. The van der Waals surface area contributed by atoms with Gasteiger partial charge < -0.3 is 19.3 Å². The Bertz CT molecular complexity index is 903. The van der Waals surface area contributed by atoms with Gasteiger partial charge in [-0.15, -0.1) is 0 Å². The Hall–Kier alpha value is -2.54. The normalized spacial score (nSPS) is 19.2. The molecule has 0 amide bonds. The summed E-state index contributed by atoms with van der Waals surface area (Å²) in [5.74, 6) is 2.44. The standard InChI is InChI=1S/C20H24N4O3/c25-19-15-3-1-2-4-16(15)21-20(22-19)24-9-7-23(8-10-24)12-14-5-6-17-18(11-14)27-13-26-17/h5-6,11H,1-4,7-10,12-13H2,(H,21,22,25)/p+1. The van der Waals surface area contributed by atoms with Crippen LogP contribution in [0.4, 0.5) is 5.95 Å². The number of aryl methyl sites for hydroxylation is 1. The Balaban J connectivity index is 1.24. The number of rotatable bonds is 3. The lowest BCUT2D eigenvalue weighted by Gasteiger charge is -2.33. The number of H-pyrrole nitrogens is 1. The van der Waals surface area contributed by atoms with Crippen molar-refractivity contribution in [2.24, 2.45) is 0 Å². The van der Waals surface area contributed by atoms with Gasteiger partial charge in [-0.25, -0.2) is 4.98 Å². The topological polar surface area (TPSA) is 71.9 Å². The Morgan fingerprint density at radius 3 is 2.81 bits per heavy atom. The Morgan fingerprint density at radius 1 is 1.11 bits per heavy atom. The third-order valence-corrected chi connectivity index (χ3v) is 5.84. The number of aromatic amines is 1. The molecule has 142 valence electrons. The van der Waals surface area contributed by atoms with Crippen molar-refractivity contribution in [3.05, 3.63) is 45.4 Å². The molecule has 2 N–H and O–H groups in total. The van der Waals surface area contributed by atoms with Crippen LogP contribution in [-0.2, 0) is 19.4 Å². The smallest absolute Gasteiger partial charge is 0.255 e. The second-order valence-corrected chi connectivity index (χ2v) is 7.62. The van der Waals surface area contributed by atoms with Gasteiger partial charge in [-0.2, -0.15) is 0 Å². The molecule has 7 heteroatoms. The molecular weight excluding hydrogens is 344 g/mol. The van der Waals surface area contributed by atoms with Crippen LogP contribution in [0, 0.1) is 0 Å². The van der Waals surface area contributed by atoms with Crippen molar-refractivity contribution in [3.8, 4) is 11.5 Å². The first-order valence-corrected chi connectivity index (χ1v) is 9.85. The van der Waals surface area contributed by atoms with Crippen LogP contribution < -0.4 is 24.8 Å². The lowest BCUT2D eigenvalue weighted by molar-refractivity contribution is -0.914. The largest absolute Gasteiger partial charge is 0.454 e. The van der Waals surface area contributed by atoms with Crippen LogP contribution >= 0.6 is 0 Å². The first-order chi connectivity index (χ1) is 13.3. The van der Waals surface area contributed by atoms with E-state index in [-0.39, 0.29) is 5.56 Å². The summed E-state index contributed by atoms with van der Waals surface area (Å²) < 4.78 is 10.9. The summed E-state index contributed by atoms with van der Waals surface area (Å²) in [6.07, 6.45) is 4.03. The van der Waals surface area contributed by atoms with Crippen LogP contribution in [0.15, 0.2) is 23.0 Å². The number of aromatic nitrogens is 2. The molecule has 1 fully saturated rings. The van der Waals surface area contributed by atoms with Gasteiger partial charge in [0.2, 0.25) is 12.7 Å². The minimum Gasteiger partial charge on any atom is -0.454 e. The second kappa shape index (κ2) is 6.88. The highest BCUT2D eigenvalue weighted by atomic mass is 16.7. The van der Waals surface area contributed by atoms with Gasteiger partial charge in [0, 0.05) is 11.1 Å². The molecule has 0 bridgehead atoms. The van der Waals surface area contributed by atoms with Crippen molar-refractivity contribution in [3.63, 3.8) is 0 Å². The number of ether oxygens (including phenoxy) is 2. The monoisotopic (exact) mass is 369 g/mol. The molecule has 1 aromatic carbocycles. The molecule has 2 aliphatic heterocycles. The minimum absolute atomic E-state index is 0.0600. The van der Waals surface area contributed by atoms with Crippen molar-refractivity contribution in [2.75, 3.05) is 37.9 Å². The number of piperazine rings is 1. The number of anilines is 1. The molecule has 3 heterocycles. The molecule has 27 heavy (non-hydrogen) atoms. The van der Waals surface area contributed by atoms with Gasteiger partial charge in [-0.1, -0.05) is 0 Å². The predicted molar refractivity (Wildman–Crippen MR) is 101 cm³/mol. The summed E-state index contributed by atoms with van der Waals surface area (Å²) in [5, 5.41) is 0. The van der Waals surface area contributed by atoms with Gasteiger partial charge in [0.15, 0.2) is 11.5 Å². The molecule has 1 aromatic heterocycles. The zero-order valence-corrected chi connectivity index (χ0v) is 15.4. The lowest BCUT2D eigenvalue weighted by Crippen LogP contribution is -3.13. The first kappa shape index (κ1) is 16.6. The van der Waals surface area contributed by atoms with Crippen molar-refractivity contribution < 1.29 is 14.4 Å². The molecule has 5 rings (SSSR count). The highest BCUT2D eigenvalue weighted by Gasteiger charge is 2.24. The second-order valence-electron chi connectivity index (χ2n) is 7.62. The summed E-state index contributed by atoms with van der Waals surface area (Å²) in [7, 11) is 0. The van der Waals surface area contributed by atoms with Crippen LogP contribution in [0.1, 0.15) is 29.7 Å². The highest BCUT2D eigenvalue weighted by molar-refractivity contribution is 5.44. The van der Waals surface area contributed by atoms with Gasteiger partial charge in [0.25, 0.3) is 5.56 Å². The summed E-state index contributed by atoms with van der Waals surface area (Å²) in [6.45, 7) is 5.14. The third-order valence-electron chi connectivity index (χ3n) is 5.84. The molecule has 0 atom stereocenters. The Labute approximate surface area is 157 Å². The summed E-state index contributed by atoms with van der Waals surface area (Å²) >= 11 is 0. The number of benzene rings is 1. The average Bonchev–Trinajstić information content (AvgIpc) is 3.16. The predicted octanol–water partition coefficient (Wildman–Crippen LogP) is 0.283. The molecule has 1 aliphatic carbocycles. The molecule has 0 spiro atoms. The SMILES string of the molecule is O=c1[nH]c(N2CC[NH+](Cc3ccc4c(c3)OCO4)CC2)nc2c1CCCC2. The van der Waals surface area contributed by atoms with E-state index in [1.165, 1.54) is 10.5 Å². The lowest BCUT2D eigenvalue weighted by atomic mass is 9.97. The Kier molecular flexibility index (Phi) is 4.24. The molecule has 3 aliphatic rings. The Morgan fingerprint density at radius 2 is 1.93 bits per heavy atom. The maximum absolute atomic E-state index is 12.4. The van der Waals surface area contributed by atoms with E-state index >= 15 is 0 Å². The van der Waals surface area contributed by atoms with Crippen molar-refractivity contribution in [1.82, 2.24) is 9.97 Å². The zero-order chi connectivity index (χ0) is 18.2. The van der Waals surface area contributed by atoms with Gasteiger partial charge >= 0.3 is 0 Å². The van der Waals surface area contributed by atoms with Crippen LogP contribution in [0.3, 0.4) is 0 Å². The van der Waals surface area contributed by atoms with E-state index in [2.05, 4.69) is 22.0 Å². The van der Waals surface area contributed by atoms with E-state index in [0.717, 1.165) is 87.1 Å². The number of hydrogen-bond donors (Lipinski definition) is 2. The quantitative estimate of drug-likeness (QED) is 0.813. The molecule has 0 radical (unpaired) electrons. The zero-order valence-electron chi connectivity index (χ0n) is 15.4. The molecule has 0 unspecified atom stereocenters. The number of quaternary nitrogens is 1. The summed E-state index contributed by atoms with van der Waals surface area (Å²) in [6, 6.07) is 6.20. The van der Waals surface area contributed by atoms with E-state index < -0.39 is 0 Å². The first-order valence-electron chi connectivity index (χ1n) is 9.85. The van der Waals surface area contributed by atoms with Gasteiger partial charge in [0.1, 0.15) is 6.54 Å². The van der Waals surface area contributed by atoms with Gasteiger partial charge in [0.05, 0.1) is 31.9 Å². The van der Waals surface area contributed by atoms with Crippen molar-refractivity contribution in [1.29, 1.82) is 0 Å². The average molecular weight is 369 g/mol. The van der Waals surface area contributed by atoms with E-state index in [9.17, 15) is 4.79 Å². The molecule has 7 nitrogen and oxygen atoms in total.